The number of amides is 1. The number of halogens is 2. The predicted octanol–water partition coefficient (Wildman–Crippen LogP) is 3.94. The normalized spacial score (nSPS) is 15.3. The predicted molar refractivity (Wildman–Crippen MR) is 126 cm³/mol. The Balaban J connectivity index is 1.49. The molecule has 1 aliphatic heterocycles. The van der Waals surface area contributed by atoms with Crippen molar-refractivity contribution in [2.75, 3.05) is 24.0 Å². The SMILES string of the molecule is Cc1ccc(S(=O)(=O)N2C[C@H](C(=O)NCCOc3ccc(F)cc3)Oc3ccc(Cl)cc32)cc1. The molecule has 7 nitrogen and oxygen atoms in total. The van der Waals surface area contributed by atoms with Gasteiger partial charge < -0.3 is 14.8 Å². The zero-order valence-electron chi connectivity index (χ0n) is 18.2. The number of nitrogens with zero attached hydrogens (tertiary/aromatic N) is 1. The molecule has 0 saturated heterocycles. The molecule has 0 unspecified atom stereocenters. The van der Waals surface area contributed by atoms with Gasteiger partial charge in [0, 0.05) is 5.02 Å². The van der Waals surface area contributed by atoms with Crippen molar-refractivity contribution < 1.29 is 27.1 Å². The summed E-state index contributed by atoms with van der Waals surface area (Å²) in [5.41, 5.74) is 1.18. The molecule has 10 heteroatoms. The fraction of sp³-hybridized carbons (Fsp3) is 0.208. The van der Waals surface area contributed by atoms with Crippen molar-refractivity contribution in [1.82, 2.24) is 5.32 Å². The summed E-state index contributed by atoms with van der Waals surface area (Å²) in [5.74, 6) is -0.172. The number of nitrogens with one attached hydrogen (secondary N) is 1. The minimum atomic E-state index is -3.98. The van der Waals surface area contributed by atoms with E-state index in [4.69, 9.17) is 21.1 Å². The van der Waals surface area contributed by atoms with Crippen molar-refractivity contribution in [3.63, 3.8) is 0 Å². The summed E-state index contributed by atoms with van der Waals surface area (Å²) >= 11 is 6.11. The highest BCUT2D eigenvalue weighted by Crippen LogP contribution is 2.38. The van der Waals surface area contributed by atoms with E-state index < -0.39 is 22.0 Å². The molecule has 3 aromatic carbocycles. The second-order valence-corrected chi connectivity index (χ2v) is 9.96. The summed E-state index contributed by atoms with van der Waals surface area (Å²) < 4.78 is 52.2. The topological polar surface area (TPSA) is 84.9 Å². The molecule has 1 N–H and O–H groups in total. The zero-order chi connectivity index (χ0) is 24.3. The molecular formula is C24H22ClFN2O5S. The number of hydrogen-bond acceptors (Lipinski definition) is 5. The van der Waals surface area contributed by atoms with Crippen LogP contribution in [-0.2, 0) is 14.8 Å². The summed E-state index contributed by atoms with van der Waals surface area (Å²) in [6, 6.07) is 16.6. The number of hydrogen-bond donors (Lipinski definition) is 1. The van der Waals surface area contributed by atoms with Crippen LogP contribution in [0.2, 0.25) is 5.02 Å². The van der Waals surface area contributed by atoms with Crippen molar-refractivity contribution in [2.45, 2.75) is 17.9 Å². The molecule has 0 radical (unpaired) electrons. The van der Waals surface area contributed by atoms with E-state index in [1.54, 1.807) is 18.2 Å². The Morgan fingerprint density at radius 1 is 1.15 bits per heavy atom. The molecule has 0 aliphatic carbocycles. The van der Waals surface area contributed by atoms with Gasteiger partial charge in [0.1, 0.15) is 23.9 Å². The fourth-order valence-electron chi connectivity index (χ4n) is 3.41. The molecule has 178 valence electrons. The molecule has 3 aromatic rings. The Morgan fingerprint density at radius 2 is 1.85 bits per heavy atom. The Hall–Kier alpha value is -3.30. The van der Waals surface area contributed by atoms with Gasteiger partial charge in [0.05, 0.1) is 23.7 Å². The van der Waals surface area contributed by atoms with Crippen LogP contribution in [0.1, 0.15) is 5.56 Å². The van der Waals surface area contributed by atoms with Gasteiger partial charge in [-0.25, -0.2) is 12.8 Å². The van der Waals surface area contributed by atoms with Crippen molar-refractivity contribution in [3.05, 3.63) is 83.1 Å². The minimum absolute atomic E-state index is 0.0952. The molecule has 0 spiro atoms. The third kappa shape index (κ3) is 5.26. The Morgan fingerprint density at radius 3 is 2.56 bits per heavy atom. The number of benzene rings is 3. The second kappa shape index (κ2) is 9.90. The summed E-state index contributed by atoms with van der Waals surface area (Å²) in [5, 5.41) is 3.02. The molecule has 0 fully saturated rings. The van der Waals surface area contributed by atoms with Crippen molar-refractivity contribution >= 4 is 33.2 Å². The highest BCUT2D eigenvalue weighted by Gasteiger charge is 2.37. The van der Waals surface area contributed by atoms with E-state index in [-0.39, 0.29) is 41.8 Å². The van der Waals surface area contributed by atoms with Crippen LogP contribution < -0.4 is 19.1 Å². The van der Waals surface area contributed by atoms with Crippen LogP contribution in [0.5, 0.6) is 11.5 Å². The van der Waals surface area contributed by atoms with Crippen LogP contribution in [0.3, 0.4) is 0 Å². The molecule has 1 amide bonds. The number of sulfonamides is 1. The number of aryl methyl sites for hydroxylation is 1. The van der Waals surface area contributed by atoms with Crippen molar-refractivity contribution in [2.24, 2.45) is 0 Å². The first kappa shape index (κ1) is 23.8. The van der Waals surface area contributed by atoms with Crippen molar-refractivity contribution in [3.8, 4) is 11.5 Å². The third-order valence-corrected chi connectivity index (χ3v) is 7.20. The zero-order valence-corrected chi connectivity index (χ0v) is 19.8. The second-order valence-electron chi connectivity index (χ2n) is 7.66. The van der Waals surface area contributed by atoms with E-state index in [0.29, 0.717) is 10.8 Å². The lowest BCUT2D eigenvalue weighted by atomic mass is 10.2. The molecule has 1 atom stereocenters. The molecule has 0 saturated carbocycles. The summed E-state index contributed by atoms with van der Waals surface area (Å²) in [7, 11) is -3.98. The van der Waals surface area contributed by atoms with E-state index >= 15 is 0 Å². The molecule has 0 bridgehead atoms. The maximum absolute atomic E-state index is 13.4. The maximum atomic E-state index is 13.4. The maximum Gasteiger partial charge on any atom is 0.264 e. The van der Waals surface area contributed by atoms with E-state index in [1.807, 2.05) is 6.92 Å². The number of carbonyl (C=O) groups excluding carboxylic acids is 1. The average Bonchev–Trinajstić information content (AvgIpc) is 2.82. The van der Waals surface area contributed by atoms with Crippen LogP contribution in [0.15, 0.2) is 71.6 Å². The van der Waals surface area contributed by atoms with Gasteiger partial charge in [0.25, 0.3) is 15.9 Å². The van der Waals surface area contributed by atoms with Crippen LogP contribution in [-0.4, -0.2) is 40.1 Å². The lowest BCUT2D eigenvalue weighted by Crippen LogP contribution is -2.51. The number of fused-ring (bicyclic) bond motifs is 1. The molecular weight excluding hydrogens is 483 g/mol. The summed E-state index contributed by atoms with van der Waals surface area (Å²) in [4.78, 5) is 12.9. The van der Waals surface area contributed by atoms with Crippen LogP contribution in [0, 0.1) is 12.7 Å². The first-order valence-corrected chi connectivity index (χ1v) is 12.3. The first-order chi connectivity index (χ1) is 16.2. The number of ether oxygens (including phenoxy) is 2. The van der Waals surface area contributed by atoms with Crippen molar-refractivity contribution in [1.29, 1.82) is 0 Å². The lowest BCUT2D eigenvalue weighted by Gasteiger charge is -2.34. The third-order valence-electron chi connectivity index (χ3n) is 5.18. The Kier molecular flexibility index (Phi) is 6.95. The fourth-order valence-corrected chi connectivity index (χ4v) is 5.05. The van der Waals surface area contributed by atoms with Gasteiger partial charge in [-0.15, -0.1) is 0 Å². The summed E-state index contributed by atoms with van der Waals surface area (Å²) in [6.07, 6.45) is -1.08. The van der Waals surface area contributed by atoms with Crippen LogP contribution >= 0.6 is 11.6 Å². The summed E-state index contributed by atoms with van der Waals surface area (Å²) in [6.45, 7) is 1.92. The number of rotatable bonds is 7. The molecule has 4 rings (SSSR count). The standard InChI is InChI=1S/C24H22ClFN2O5S/c1-16-2-9-20(10-3-16)34(30,31)28-15-23(33-22-11-4-17(25)14-21(22)28)24(29)27-12-13-32-19-7-5-18(26)6-8-19/h2-11,14,23H,12-13,15H2,1H3,(H,27,29)/t23-/m1/s1. The van der Waals surface area contributed by atoms with Gasteiger partial charge in [-0.2, -0.15) is 0 Å². The van der Waals surface area contributed by atoms with E-state index in [0.717, 1.165) is 9.87 Å². The lowest BCUT2D eigenvalue weighted by molar-refractivity contribution is -0.127. The largest absolute Gasteiger partial charge is 0.492 e. The first-order valence-electron chi connectivity index (χ1n) is 10.5. The van der Waals surface area contributed by atoms with Gasteiger partial charge in [-0.1, -0.05) is 29.3 Å². The monoisotopic (exact) mass is 504 g/mol. The Labute approximate surface area is 202 Å². The van der Waals surface area contributed by atoms with Crippen LogP contribution in [0.25, 0.3) is 0 Å². The van der Waals surface area contributed by atoms with Gasteiger partial charge in [0.15, 0.2) is 6.10 Å². The smallest absolute Gasteiger partial charge is 0.264 e. The molecule has 1 aliphatic rings. The van der Waals surface area contributed by atoms with Crippen LogP contribution in [0.4, 0.5) is 10.1 Å². The quantitative estimate of drug-likeness (QED) is 0.493. The van der Waals surface area contributed by atoms with E-state index in [1.165, 1.54) is 48.5 Å². The Bertz CT molecular complexity index is 1280. The molecule has 1 heterocycles. The van der Waals surface area contributed by atoms with Gasteiger partial charge in [0.2, 0.25) is 0 Å². The average molecular weight is 505 g/mol. The highest BCUT2D eigenvalue weighted by atomic mass is 35.5. The molecule has 0 aromatic heterocycles. The van der Waals surface area contributed by atoms with Gasteiger partial charge in [-0.05, 0) is 61.5 Å². The van der Waals surface area contributed by atoms with Gasteiger partial charge in [-0.3, -0.25) is 9.10 Å². The number of anilines is 1. The number of carbonyl (C=O) groups is 1. The minimum Gasteiger partial charge on any atom is -0.492 e. The van der Waals surface area contributed by atoms with E-state index in [9.17, 15) is 17.6 Å². The molecule has 34 heavy (non-hydrogen) atoms. The highest BCUT2D eigenvalue weighted by molar-refractivity contribution is 7.92. The van der Waals surface area contributed by atoms with Gasteiger partial charge >= 0.3 is 0 Å². The van der Waals surface area contributed by atoms with E-state index in [2.05, 4.69) is 5.32 Å².